The lowest BCUT2D eigenvalue weighted by atomic mass is 9.30. The first kappa shape index (κ1) is 25.6. The molecule has 4 aliphatic heterocycles. The minimum absolute atomic E-state index is 0.0219. The third-order valence-corrected chi connectivity index (χ3v) is 12.1. The first-order valence-electron chi connectivity index (χ1n) is 17.6. The van der Waals surface area contributed by atoms with Crippen LogP contribution in [0.2, 0.25) is 0 Å². The van der Waals surface area contributed by atoms with Gasteiger partial charge in [-0.2, -0.15) is 0 Å². The predicted molar refractivity (Wildman–Crippen MR) is 207 cm³/mol. The molecule has 0 amide bonds. The van der Waals surface area contributed by atoms with Crippen LogP contribution in [0, 0.1) is 13.8 Å². The molecule has 51 heavy (non-hydrogen) atoms. The van der Waals surface area contributed by atoms with Crippen LogP contribution in [-0.4, -0.2) is 18.0 Å². The van der Waals surface area contributed by atoms with Gasteiger partial charge in [-0.3, -0.25) is 0 Å². The van der Waals surface area contributed by atoms with Crippen molar-refractivity contribution in [3.8, 4) is 28.7 Å². The fraction of sp³-hybridized carbons (Fsp3) is 0.0455. The number of hydrogen-bond donors (Lipinski definition) is 0. The zero-order chi connectivity index (χ0) is 33.0. The van der Waals surface area contributed by atoms with Gasteiger partial charge in [0.1, 0.15) is 45.3 Å². The van der Waals surface area contributed by atoms with Gasteiger partial charge in [0.15, 0.2) is 0 Å². The number of aryl methyl sites for hydroxylation is 2. The van der Waals surface area contributed by atoms with Crippen molar-refractivity contribution in [1.82, 2.24) is 4.57 Å². The summed E-state index contributed by atoms with van der Waals surface area (Å²) in [5, 5.41) is 7.07. The molecule has 0 bridgehead atoms. The summed E-state index contributed by atoms with van der Waals surface area (Å²) in [4.78, 5) is 0. The van der Waals surface area contributed by atoms with Crippen molar-refractivity contribution < 1.29 is 18.3 Å². The van der Waals surface area contributed by atoms with Gasteiger partial charge >= 0.3 is 0 Å². The van der Waals surface area contributed by atoms with Gasteiger partial charge < -0.3 is 22.9 Å². The van der Waals surface area contributed by atoms with Gasteiger partial charge in [-0.15, -0.1) is 0 Å². The van der Waals surface area contributed by atoms with Crippen LogP contribution in [0.5, 0.6) is 23.0 Å². The Labute approximate surface area is 290 Å². The van der Waals surface area contributed by atoms with Crippen molar-refractivity contribution in [3.05, 3.63) is 114 Å². The minimum atomic E-state index is -0.0219. The first-order chi connectivity index (χ1) is 25.1. The van der Waals surface area contributed by atoms with Crippen LogP contribution in [0.4, 0.5) is 0 Å². The molecule has 14 rings (SSSR count). The Morgan fingerprint density at radius 3 is 1.43 bits per heavy atom. The lowest BCUT2D eigenvalue weighted by molar-refractivity contribution is 0.465. The number of benzene rings is 7. The second-order valence-electron chi connectivity index (χ2n) is 14.9. The lowest BCUT2D eigenvalue weighted by Gasteiger charge is -2.40. The van der Waals surface area contributed by atoms with E-state index in [0.717, 1.165) is 66.9 Å². The van der Waals surface area contributed by atoms with E-state index in [1.165, 1.54) is 71.4 Å². The maximum absolute atomic E-state index is 6.98. The number of nitrogens with zero attached hydrogens (tertiary/aromatic N) is 1. The molecule has 3 aromatic heterocycles. The molecular weight excluding hydrogens is 628 g/mol. The van der Waals surface area contributed by atoms with E-state index in [1.54, 1.807) is 0 Å². The van der Waals surface area contributed by atoms with Crippen molar-refractivity contribution in [3.63, 3.8) is 0 Å². The summed E-state index contributed by atoms with van der Waals surface area (Å²) >= 11 is 0. The molecule has 4 aliphatic rings. The van der Waals surface area contributed by atoms with E-state index >= 15 is 0 Å². The van der Waals surface area contributed by atoms with Gasteiger partial charge in [0.25, 0.3) is 13.4 Å². The molecule has 7 heteroatoms. The van der Waals surface area contributed by atoms with Gasteiger partial charge in [0, 0.05) is 67.2 Å². The number of furan rings is 2. The highest BCUT2D eigenvalue weighted by molar-refractivity contribution is 7.03. The molecule has 0 N–H and O–H groups in total. The highest BCUT2D eigenvalue weighted by Crippen LogP contribution is 2.44. The number of fused-ring (bicyclic) bond motifs is 13. The van der Waals surface area contributed by atoms with E-state index in [-0.39, 0.29) is 13.4 Å². The molecule has 10 aromatic rings. The second kappa shape index (κ2) is 8.17. The van der Waals surface area contributed by atoms with Gasteiger partial charge in [0.05, 0.1) is 0 Å². The summed E-state index contributed by atoms with van der Waals surface area (Å²) in [6.07, 6.45) is 0. The predicted octanol–water partition coefficient (Wildman–Crippen LogP) is 7.07. The fourth-order valence-corrected chi connectivity index (χ4v) is 10.3. The number of para-hydroxylation sites is 2. The number of ether oxygens (including phenoxy) is 2. The molecule has 7 aromatic carbocycles. The van der Waals surface area contributed by atoms with Crippen LogP contribution in [-0.2, 0) is 0 Å². The van der Waals surface area contributed by atoms with Crippen molar-refractivity contribution in [2.45, 2.75) is 13.8 Å². The van der Waals surface area contributed by atoms with Crippen LogP contribution in [0.15, 0.2) is 112 Å². The molecule has 7 heterocycles. The van der Waals surface area contributed by atoms with Crippen LogP contribution in [0.1, 0.15) is 11.1 Å². The standard InChI is InChI=1S/C44H23B2NO4/c1-20-11-26-27-12-21(2)14-31-43(27)47-42(26)30(13-20)45-28-15-24-22-7-3-5-9-32(22)48-34(24)17-36(28)50-38-19-39-41(44(47)40(38)45)46(31)29-16-25-23-8-4-6-10-33(23)49-35(25)18-37(29)51-39/h3-19H,1-2H3. The molecule has 0 unspecified atom stereocenters. The average molecular weight is 651 g/mol. The third-order valence-electron chi connectivity index (χ3n) is 12.1. The maximum Gasteiger partial charge on any atom is 0.256 e. The molecule has 5 nitrogen and oxygen atoms in total. The van der Waals surface area contributed by atoms with E-state index in [2.05, 4.69) is 97.3 Å². The Bertz CT molecular complexity index is 3150. The Balaban J connectivity index is 1.17. The quantitative estimate of drug-likeness (QED) is 0.165. The average Bonchev–Trinajstić information content (AvgIpc) is 3.79. The summed E-state index contributed by atoms with van der Waals surface area (Å²) in [7, 11) is 0. The Hall–Kier alpha value is -6.33. The maximum atomic E-state index is 6.98. The highest BCUT2D eigenvalue weighted by atomic mass is 16.5. The smallest absolute Gasteiger partial charge is 0.256 e. The molecule has 0 saturated heterocycles. The lowest BCUT2D eigenvalue weighted by Crippen LogP contribution is -2.65. The molecule has 0 spiro atoms. The molecule has 0 aliphatic carbocycles. The van der Waals surface area contributed by atoms with Crippen LogP contribution in [0.3, 0.4) is 0 Å². The molecule has 234 valence electrons. The van der Waals surface area contributed by atoms with Crippen LogP contribution in [0.25, 0.3) is 71.4 Å². The molecule has 0 saturated carbocycles. The van der Waals surface area contributed by atoms with Gasteiger partial charge in [0.2, 0.25) is 0 Å². The van der Waals surface area contributed by atoms with Crippen LogP contribution >= 0.6 is 0 Å². The Kier molecular flexibility index (Phi) is 4.10. The van der Waals surface area contributed by atoms with Gasteiger partial charge in [-0.1, -0.05) is 71.8 Å². The monoisotopic (exact) mass is 651 g/mol. The van der Waals surface area contributed by atoms with Crippen molar-refractivity contribution in [2.24, 2.45) is 0 Å². The second-order valence-corrected chi connectivity index (χ2v) is 14.9. The van der Waals surface area contributed by atoms with Crippen molar-refractivity contribution in [2.75, 3.05) is 0 Å². The van der Waals surface area contributed by atoms with E-state index in [4.69, 9.17) is 18.3 Å². The SMILES string of the molecule is Cc1cc2c3c(c1)c1cc(C)cc4c1n3-c1c3c(cc5c1B4c1cc4c(cc1O5)oc1ccccc14)Oc1cc4oc5ccccc5c4cc1B32. The number of aromatic nitrogens is 1. The fourth-order valence-electron chi connectivity index (χ4n) is 10.3. The summed E-state index contributed by atoms with van der Waals surface area (Å²) < 4.78 is 29.3. The van der Waals surface area contributed by atoms with Crippen molar-refractivity contribution >= 4 is 112 Å². The normalized spacial score (nSPS) is 14.3. The molecular formula is C44H23B2NO4. The highest BCUT2D eigenvalue weighted by Gasteiger charge is 2.49. The van der Waals surface area contributed by atoms with E-state index < -0.39 is 0 Å². The zero-order valence-electron chi connectivity index (χ0n) is 27.5. The van der Waals surface area contributed by atoms with E-state index in [1.807, 2.05) is 24.3 Å². The Morgan fingerprint density at radius 1 is 0.431 bits per heavy atom. The largest absolute Gasteiger partial charge is 0.458 e. The van der Waals surface area contributed by atoms with Crippen LogP contribution < -0.4 is 42.3 Å². The molecule has 0 atom stereocenters. The number of hydrogen-bond acceptors (Lipinski definition) is 4. The summed E-state index contributed by atoms with van der Waals surface area (Å²) in [6.45, 7) is 4.42. The summed E-state index contributed by atoms with van der Waals surface area (Å²) in [5.74, 6) is 3.33. The molecule has 0 fully saturated rings. The van der Waals surface area contributed by atoms with Gasteiger partial charge in [-0.25, -0.2) is 0 Å². The summed E-state index contributed by atoms with van der Waals surface area (Å²) in [5.41, 5.74) is 17.1. The zero-order valence-corrected chi connectivity index (χ0v) is 27.5. The van der Waals surface area contributed by atoms with Gasteiger partial charge in [-0.05, 0) is 70.9 Å². The van der Waals surface area contributed by atoms with E-state index in [9.17, 15) is 0 Å². The van der Waals surface area contributed by atoms with E-state index in [0.29, 0.717) is 0 Å². The molecule has 0 radical (unpaired) electrons. The third kappa shape index (κ3) is 2.83. The number of rotatable bonds is 0. The first-order valence-corrected chi connectivity index (χ1v) is 17.6. The Morgan fingerprint density at radius 2 is 0.922 bits per heavy atom. The minimum Gasteiger partial charge on any atom is -0.458 e. The topological polar surface area (TPSA) is 49.7 Å². The summed E-state index contributed by atoms with van der Waals surface area (Å²) in [6, 6.07) is 37.2. The van der Waals surface area contributed by atoms with Crippen molar-refractivity contribution in [1.29, 1.82) is 0 Å².